The number of hydrogen-bond donors (Lipinski definition) is 0. The predicted molar refractivity (Wildman–Crippen MR) is 63.5 cm³/mol. The average molecular weight is 272 g/mol. The van der Waals surface area contributed by atoms with Gasteiger partial charge in [0.15, 0.2) is 11.5 Å². The van der Waals surface area contributed by atoms with E-state index in [0.29, 0.717) is 11.5 Å². The van der Waals surface area contributed by atoms with Crippen molar-refractivity contribution in [3.8, 4) is 11.5 Å². The minimum atomic E-state index is -4.69. The van der Waals surface area contributed by atoms with Gasteiger partial charge in [-0.05, 0) is 55.7 Å². The summed E-state index contributed by atoms with van der Waals surface area (Å²) in [5, 5.41) is 0. The molecule has 0 spiro atoms. The molecule has 1 aromatic rings. The quantitative estimate of drug-likeness (QED) is 0.813. The van der Waals surface area contributed by atoms with Crippen LogP contribution in [0.4, 0.5) is 13.2 Å². The fourth-order valence-corrected chi connectivity index (χ4v) is 2.22. The van der Waals surface area contributed by atoms with Gasteiger partial charge in [0, 0.05) is 0 Å². The third kappa shape index (κ3) is 2.96. The number of rotatable bonds is 4. The van der Waals surface area contributed by atoms with Crippen LogP contribution in [0, 0.1) is 6.92 Å². The Morgan fingerprint density at radius 3 is 2.32 bits per heavy atom. The second-order valence-corrected chi connectivity index (χ2v) is 5.25. The Kier molecular flexibility index (Phi) is 2.87. The molecular weight excluding hydrogens is 257 g/mol. The minimum absolute atomic E-state index is 0.0433. The molecular formula is C14H15F3O2. The summed E-state index contributed by atoms with van der Waals surface area (Å²) < 4.78 is 47.3. The lowest BCUT2D eigenvalue weighted by molar-refractivity contribution is -0.275. The number of benzene rings is 1. The van der Waals surface area contributed by atoms with Crippen molar-refractivity contribution in [2.45, 2.75) is 51.0 Å². The molecule has 0 saturated heterocycles. The van der Waals surface area contributed by atoms with Crippen molar-refractivity contribution in [1.29, 1.82) is 0 Å². The van der Waals surface area contributed by atoms with Crippen LogP contribution in [-0.2, 0) is 0 Å². The molecule has 19 heavy (non-hydrogen) atoms. The SMILES string of the molecule is Cc1c(C2CC2)ccc(OC2CC2)c1OC(F)(F)F. The molecule has 0 unspecified atom stereocenters. The molecule has 5 heteroatoms. The first-order valence-corrected chi connectivity index (χ1v) is 6.50. The highest BCUT2D eigenvalue weighted by atomic mass is 19.4. The molecule has 0 bridgehead atoms. The molecule has 2 fully saturated rings. The normalized spacial score (nSPS) is 19.4. The van der Waals surface area contributed by atoms with E-state index in [2.05, 4.69) is 4.74 Å². The van der Waals surface area contributed by atoms with E-state index in [4.69, 9.17) is 4.74 Å². The van der Waals surface area contributed by atoms with Crippen LogP contribution in [0.2, 0.25) is 0 Å². The maximum Gasteiger partial charge on any atom is 0.573 e. The van der Waals surface area contributed by atoms with E-state index in [-0.39, 0.29) is 17.6 Å². The van der Waals surface area contributed by atoms with Gasteiger partial charge in [-0.3, -0.25) is 0 Å². The summed E-state index contributed by atoms with van der Waals surface area (Å²) in [7, 11) is 0. The zero-order valence-electron chi connectivity index (χ0n) is 10.6. The van der Waals surface area contributed by atoms with Crippen LogP contribution in [-0.4, -0.2) is 12.5 Å². The van der Waals surface area contributed by atoms with Gasteiger partial charge in [-0.25, -0.2) is 0 Å². The monoisotopic (exact) mass is 272 g/mol. The smallest absolute Gasteiger partial charge is 0.487 e. The van der Waals surface area contributed by atoms with Gasteiger partial charge < -0.3 is 9.47 Å². The molecule has 2 saturated carbocycles. The first-order valence-electron chi connectivity index (χ1n) is 6.50. The summed E-state index contributed by atoms with van der Waals surface area (Å²) in [6.07, 6.45) is -0.774. The van der Waals surface area contributed by atoms with E-state index in [1.807, 2.05) is 6.07 Å². The van der Waals surface area contributed by atoms with Gasteiger partial charge in [0.05, 0.1) is 6.10 Å². The van der Waals surface area contributed by atoms with Gasteiger partial charge in [0.25, 0.3) is 0 Å². The van der Waals surface area contributed by atoms with Crippen LogP contribution < -0.4 is 9.47 Å². The molecule has 0 N–H and O–H groups in total. The van der Waals surface area contributed by atoms with Crippen LogP contribution in [0.3, 0.4) is 0 Å². The number of hydrogen-bond acceptors (Lipinski definition) is 2. The summed E-state index contributed by atoms with van der Waals surface area (Å²) in [6.45, 7) is 1.68. The minimum Gasteiger partial charge on any atom is -0.487 e. The molecule has 104 valence electrons. The summed E-state index contributed by atoms with van der Waals surface area (Å²) in [5.74, 6) is 0.427. The van der Waals surface area contributed by atoms with E-state index in [9.17, 15) is 13.2 Å². The molecule has 0 aliphatic heterocycles. The van der Waals surface area contributed by atoms with Gasteiger partial charge in [-0.1, -0.05) is 6.07 Å². The van der Waals surface area contributed by atoms with Gasteiger partial charge >= 0.3 is 6.36 Å². The molecule has 0 radical (unpaired) electrons. The highest BCUT2D eigenvalue weighted by Crippen LogP contribution is 2.47. The van der Waals surface area contributed by atoms with Gasteiger partial charge in [0.2, 0.25) is 0 Å². The van der Waals surface area contributed by atoms with Crippen LogP contribution in [0.25, 0.3) is 0 Å². The van der Waals surface area contributed by atoms with E-state index in [0.717, 1.165) is 31.2 Å². The summed E-state index contributed by atoms with van der Waals surface area (Å²) in [4.78, 5) is 0. The highest BCUT2D eigenvalue weighted by Gasteiger charge is 2.36. The van der Waals surface area contributed by atoms with E-state index < -0.39 is 6.36 Å². The predicted octanol–water partition coefficient (Wildman–Crippen LogP) is 4.31. The number of alkyl halides is 3. The maximum absolute atomic E-state index is 12.5. The summed E-state index contributed by atoms with van der Waals surface area (Å²) in [6, 6.07) is 3.48. The van der Waals surface area contributed by atoms with Crippen molar-refractivity contribution in [2.75, 3.05) is 0 Å². The molecule has 0 aromatic heterocycles. The number of halogens is 3. The Hall–Kier alpha value is -1.39. The molecule has 2 aliphatic carbocycles. The third-order valence-corrected chi connectivity index (χ3v) is 3.46. The summed E-state index contributed by atoms with van der Waals surface area (Å²) in [5.41, 5.74) is 1.50. The Balaban J connectivity index is 1.95. The topological polar surface area (TPSA) is 18.5 Å². The van der Waals surface area contributed by atoms with E-state index in [1.165, 1.54) is 0 Å². The molecule has 3 rings (SSSR count). The van der Waals surface area contributed by atoms with E-state index in [1.54, 1.807) is 13.0 Å². The van der Waals surface area contributed by atoms with Crippen molar-refractivity contribution in [3.05, 3.63) is 23.3 Å². The average Bonchev–Trinajstić information content (AvgIpc) is 3.14. The lowest BCUT2D eigenvalue weighted by Crippen LogP contribution is -2.19. The van der Waals surface area contributed by atoms with Crippen molar-refractivity contribution in [1.82, 2.24) is 0 Å². The maximum atomic E-state index is 12.5. The Morgan fingerprint density at radius 2 is 1.79 bits per heavy atom. The van der Waals surface area contributed by atoms with Crippen molar-refractivity contribution in [3.63, 3.8) is 0 Å². The van der Waals surface area contributed by atoms with Crippen molar-refractivity contribution in [2.24, 2.45) is 0 Å². The lowest BCUT2D eigenvalue weighted by atomic mass is 10.0. The van der Waals surface area contributed by atoms with Crippen LogP contribution >= 0.6 is 0 Å². The molecule has 1 aromatic carbocycles. The Labute approximate surface area is 109 Å². The molecule has 2 aliphatic rings. The van der Waals surface area contributed by atoms with Crippen LogP contribution in [0.1, 0.15) is 42.7 Å². The summed E-state index contributed by atoms with van der Waals surface area (Å²) >= 11 is 0. The molecule has 0 amide bonds. The van der Waals surface area contributed by atoms with Crippen molar-refractivity contribution >= 4 is 0 Å². The van der Waals surface area contributed by atoms with Gasteiger partial charge in [-0.15, -0.1) is 13.2 Å². The fraction of sp³-hybridized carbons (Fsp3) is 0.571. The first kappa shape index (κ1) is 12.6. The number of ether oxygens (including phenoxy) is 2. The first-order chi connectivity index (χ1) is 8.94. The van der Waals surface area contributed by atoms with Gasteiger partial charge in [-0.2, -0.15) is 0 Å². The lowest BCUT2D eigenvalue weighted by Gasteiger charge is -2.18. The van der Waals surface area contributed by atoms with Gasteiger partial charge in [0.1, 0.15) is 0 Å². The third-order valence-electron chi connectivity index (χ3n) is 3.46. The highest BCUT2D eigenvalue weighted by molar-refractivity contribution is 5.52. The molecule has 2 nitrogen and oxygen atoms in total. The molecule has 0 atom stereocenters. The zero-order valence-corrected chi connectivity index (χ0v) is 10.6. The second-order valence-electron chi connectivity index (χ2n) is 5.25. The second kappa shape index (κ2) is 4.32. The Bertz CT molecular complexity index is 488. The zero-order chi connectivity index (χ0) is 13.6. The van der Waals surface area contributed by atoms with Crippen LogP contribution in [0.5, 0.6) is 11.5 Å². The van der Waals surface area contributed by atoms with E-state index >= 15 is 0 Å². The standard InChI is InChI=1S/C14H15F3O2/c1-8-11(9-2-3-9)6-7-12(18-10-4-5-10)13(8)19-14(15,16)17/h6-7,9-10H,2-5H2,1H3. The fourth-order valence-electron chi connectivity index (χ4n) is 2.22. The Morgan fingerprint density at radius 1 is 1.11 bits per heavy atom. The molecule has 0 heterocycles. The largest absolute Gasteiger partial charge is 0.573 e. The van der Waals surface area contributed by atoms with Crippen molar-refractivity contribution < 1.29 is 22.6 Å². The van der Waals surface area contributed by atoms with Crippen LogP contribution in [0.15, 0.2) is 12.1 Å².